The Morgan fingerprint density at radius 1 is 0.774 bits per heavy atom. The molecule has 0 radical (unpaired) electrons. The predicted molar refractivity (Wildman–Crippen MR) is 130 cm³/mol. The molecule has 4 nitrogen and oxygen atoms in total. The van der Waals surface area contributed by atoms with Crippen molar-refractivity contribution in [1.29, 1.82) is 0 Å². The normalized spacial score (nSPS) is 10.0. The first-order valence-corrected chi connectivity index (χ1v) is 10.3. The van der Waals surface area contributed by atoms with Crippen LogP contribution >= 0.6 is 25.3 Å². The summed E-state index contributed by atoms with van der Waals surface area (Å²) in [5.41, 5.74) is 7.45. The SMILES string of the molecule is Nc1ccc(Oc2ccc(C(=O)c3cccc(S)c3)cc2S)cc1.Oc1ccccc1. The van der Waals surface area contributed by atoms with Crippen LogP contribution in [0.5, 0.6) is 17.2 Å². The van der Waals surface area contributed by atoms with E-state index in [1.165, 1.54) is 0 Å². The predicted octanol–water partition coefficient (Wildman–Crippen LogP) is 6.26. The number of ether oxygens (including phenoxy) is 1. The standard InChI is InChI=1S/C19H15NO2S2.C6H6O/c20-14-5-7-15(8-6-14)22-17-9-4-13(11-18(17)24)19(21)12-2-1-3-16(23)10-12;7-6-4-2-1-3-5-6/h1-11,23-24H,20H2;1-5,7H. The fraction of sp³-hybridized carbons (Fsp3) is 0. The van der Waals surface area contributed by atoms with Crippen LogP contribution in [0.2, 0.25) is 0 Å². The summed E-state index contributed by atoms with van der Waals surface area (Å²) in [6.45, 7) is 0. The average molecular weight is 448 g/mol. The molecule has 0 aliphatic rings. The Balaban J connectivity index is 0.000000330. The van der Waals surface area contributed by atoms with E-state index in [0.717, 1.165) is 4.90 Å². The van der Waals surface area contributed by atoms with Gasteiger partial charge in [0, 0.05) is 26.6 Å². The maximum atomic E-state index is 12.5. The third-order valence-electron chi connectivity index (χ3n) is 4.19. The summed E-state index contributed by atoms with van der Waals surface area (Å²) in [7, 11) is 0. The van der Waals surface area contributed by atoms with Gasteiger partial charge in [0.2, 0.25) is 0 Å². The number of carbonyl (C=O) groups is 1. The number of phenols is 1. The third kappa shape index (κ3) is 6.57. The van der Waals surface area contributed by atoms with Gasteiger partial charge in [0.15, 0.2) is 5.78 Å². The number of para-hydroxylation sites is 1. The molecule has 0 bridgehead atoms. The van der Waals surface area contributed by atoms with Gasteiger partial charge in [-0.2, -0.15) is 0 Å². The Labute approximate surface area is 192 Å². The first-order chi connectivity index (χ1) is 14.9. The number of thiol groups is 2. The van der Waals surface area contributed by atoms with Crippen molar-refractivity contribution in [1.82, 2.24) is 0 Å². The van der Waals surface area contributed by atoms with E-state index in [0.29, 0.717) is 39.0 Å². The Kier molecular flexibility index (Phi) is 7.65. The number of aromatic hydroxyl groups is 1. The van der Waals surface area contributed by atoms with Gasteiger partial charge >= 0.3 is 0 Å². The second kappa shape index (κ2) is 10.6. The van der Waals surface area contributed by atoms with E-state index in [1.54, 1.807) is 84.9 Å². The lowest BCUT2D eigenvalue weighted by Crippen LogP contribution is -2.01. The van der Waals surface area contributed by atoms with Crippen LogP contribution in [0.15, 0.2) is 107 Å². The fourth-order valence-electron chi connectivity index (χ4n) is 2.65. The van der Waals surface area contributed by atoms with Crippen molar-refractivity contribution >= 4 is 36.7 Å². The topological polar surface area (TPSA) is 72.5 Å². The van der Waals surface area contributed by atoms with Gasteiger partial charge in [0.25, 0.3) is 0 Å². The second-order valence-corrected chi connectivity index (χ2v) is 7.57. The zero-order valence-electron chi connectivity index (χ0n) is 16.5. The zero-order valence-corrected chi connectivity index (χ0v) is 18.3. The monoisotopic (exact) mass is 447 g/mol. The molecule has 0 saturated carbocycles. The highest BCUT2D eigenvalue weighted by Gasteiger charge is 2.12. The van der Waals surface area contributed by atoms with E-state index < -0.39 is 0 Å². The second-order valence-electron chi connectivity index (χ2n) is 6.57. The molecule has 0 unspecified atom stereocenters. The van der Waals surface area contributed by atoms with Gasteiger partial charge in [0.1, 0.15) is 17.2 Å². The van der Waals surface area contributed by atoms with Gasteiger partial charge < -0.3 is 15.6 Å². The fourth-order valence-corrected chi connectivity index (χ4v) is 3.13. The van der Waals surface area contributed by atoms with E-state index in [9.17, 15) is 4.79 Å². The molecule has 3 N–H and O–H groups in total. The lowest BCUT2D eigenvalue weighted by atomic mass is 10.0. The largest absolute Gasteiger partial charge is 0.508 e. The summed E-state index contributed by atoms with van der Waals surface area (Å²) in [5.74, 6) is 1.46. The Hall–Kier alpha value is -3.35. The van der Waals surface area contributed by atoms with Crippen LogP contribution < -0.4 is 10.5 Å². The molecule has 0 heterocycles. The molecule has 156 valence electrons. The molecule has 0 fully saturated rings. The highest BCUT2D eigenvalue weighted by Crippen LogP contribution is 2.30. The molecular weight excluding hydrogens is 426 g/mol. The summed E-state index contributed by atoms with van der Waals surface area (Å²) < 4.78 is 5.77. The number of hydrogen-bond acceptors (Lipinski definition) is 6. The molecule has 0 spiro atoms. The zero-order chi connectivity index (χ0) is 22.2. The number of carbonyl (C=O) groups excluding carboxylic acids is 1. The maximum Gasteiger partial charge on any atom is 0.193 e. The number of benzene rings is 4. The van der Waals surface area contributed by atoms with Crippen LogP contribution in [0.25, 0.3) is 0 Å². The van der Waals surface area contributed by atoms with Crippen molar-refractivity contribution < 1.29 is 14.6 Å². The van der Waals surface area contributed by atoms with Gasteiger partial charge in [-0.05, 0) is 66.7 Å². The summed E-state index contributed by atoms with van der Waals surface area (Å²) in [6.07, 6.45) is 0. The van der Waals surface area contributed by atoms with Crippen molar-refractivity contribution in [2.75, 3.05) is 5.73 Å². The molecule has 0 aromatic heterocycles. The molecule has 0 aliphatic carbocycles. The van der Waals surface area contributed by atoms with E-state index in [2.05, 4.69) is 25.3 Å². The van der Waals surface area contributed by atoms with Gasteiger partial charge in [-0.15, -0.1) is 25.3 Å². The van der Waals surface area contributed by atoms with Crippen LogP contribution in [0.1, 0.15) is 15.9 Å². The van der Waals surface area contributed by atoms with Gasteiger partial charge in [-0.3, -0.25) is 4.79 Å². The van der Waals surface area contributed by atoms with Gasteiger partial charge in [-0.1, -0.05) is 30.3 Å². The highest BCUT2D eigenvalue weighted by molar-refractivity contribution is 7.80. The Morgan fingerprint density at radius 3 is 2.03 bits per heavy atom. The lowest BCUT2D eigenvalue weighted by Gasteiger charge is -2.10. The number of rotatable bonds is 4. The van der Waals surface area contributed by atoms with Crippen LogP contribution in [0.4, 0.5) is 5.69 Å². The van der Waals surface area contributed by atoms with Gasteiger partial charge in [-0.25, -0.2) is 0 Å². The van der Waals surface area contributed by atoms with Crippen LogP contribution in [0.3, 0.4) is 0 Å². The number of nitrogens with two attached hydrogens (primary N) is 1. The van der Waals surface area contributed by atoms with Crippen molar-refractivity contribution in [2.45, 2.75) is 9.79 Å². The molecule has 6 heteroatoms. The van der Waals surface area contributed by atoms with Crippen molar-refractivity contribution in [3.8, 4) is 17.2 Å². The molecule has 31 heavy (non-hydrogen) atoms. The van der Waals surface area contributed by atoms with Crippen molar-refractivity contribution in [3.05, 3.63) is 108 Å². The molecule has 0 aliphatic heterocycles. The van der Waals surface area contributed by atoms with Crippen molar-refractivity contribution in [2.24, 2.45) is 0 Å². The third-order valence-corrected chi connectivity index (χ3v) is 4.82. The summed E-state index contributed by atoms with van der Waals surface area (Å²) in [5, 5.41) is 8.63. The Bertz CT molecular complexity index is 1160. The first-order valence-electron chi connectivity index (χ1n) is 9.36. The first kappa shape index (κ1) is 22.3. The summed E-state index contributed by atoms with van der Waals surface area (Å²) >= 11 is 8.69. The summed E-state index contributed by atoms with van der Waals surface area (Å²) in [6, 6.07) is 28.1. The minimum absolute atomic E-state index is 0.0831. The quantitative estimate of drug-likeness (QED) is 0.169. The number of ketones is 1. The molecule has 0 amide bonds. The molecule has 4 aromatic rings. The lowest BCUT2D eigenvalue weighted by molar-refractivity contribution is 0.103. The molecule has 0 atom stereocenters. The summed E-state index contributed by atoms with van der Waals surface area (Å²) in [4.78, 5) is 13.9. The van der Waals surface area contributed by atoms with Gasteiger partial charge in [0.05, 0.1) is 0 Å². The average Bonchev–Trinajstić information content (AvgIpc) is 2.77. The number of anilines is 1. The molecular formula is C25H21NO3S2. The van der Waals surface area contributed by atoms with E-state index >= 15 is 0 Å². The van der Waals surface area contributed by atoms with Crippen LogP contribution in [0, 0.1) is 0 Å². The number of nitrogen functional groups attached to an aromatic ring is 1. The highest BCUT2D eigenvalue weighted by atomic mass is 32.1. The van der Waals surface area contributed by atoms with E-state index in [4.69, 9.17) is 15.6 Å². The minimum atomic E-state index is -0.0831. The van der Waals surface area contributed by atoms with E-state index in [1.807, 2.05) is 12.1 Å². The minimum Gasteiger partial charge on any atom is -0.508 e. The number of hydrogen-bond donors (Lipinski definition) is 4. The number of phenolic OH excluding ortho intramolecular Hbond substituents is 1. The van der Waals surface area contributed by atoms with Crippen LogP contribution in [-0.4, -0.2) is 10.9 Å². The van der Waals surface area contributed by atoms with Crippen molar-refractivity contribution in [3.63, 3.8) is 0 Å². The smallest absolute Gasteiger partial charge is 0.193 e. The maximum absolute atomic E-state index is 12.5. The molecule has 4 aromatic carbocycles. The molecule has 4 rings (SSSR count). The Morgan fingerprint density at radius 2 is 1.45 bits per heavy atom. The van der Waals surface area contributed by atoms with E-state index in [-0.39, 0.29) is 5.78 Å². The van der Waals surface area contributed by atoms with Crippen LogP contribution in [-0.2, 0) is 0 Å². The molecule has 0 saturated heterocycles.